The van der Waals surface area contributed by atoms with Crippen LogP contribution in [-0.2, 0) is 54.5 Å². The molecule has 0 atom stereocenters. The van der Waals surface area contributed by atoms with Gasteiger partial charge in [0.1, 0.15) is 23.0 Å². The Hall–Kier alpha value is -5.90. The van der Waals surface area contributed by atoms with Gasteiger partial charge in [-0.1, -0.05) is 0 Å². The summed E-state index contributed by atoms with van der Waals surface area (Å²) in [5.74, 6) is -0.815. The molecule has 0 N–H and O–H groups in total. The second kappa shape index (κ2) is 13.3. The molecular weight excluding hydrogens is 628 g/mol. The Morgan fingerprint density at radius 3 is 0.694 bits per heavy atom. The molecule has 10 nitrogen and oxygen atoms in total. The van der Waals surface area contributed by atoms with Crippen molar-refractivity contribution in [3.8, 4) is 23.0 Å². The molecule has 0 aliphatic heterocycles. The number of hydrogen-bond acceptors (Lipinski definition) is 10. The minimum atomic E-state index is -0.449. The number of methoxy groups -OCH3 is 4. The maximum Gasteiger partial charge on any atom is 0.182 e. The highest BCUT2D eigenvalue weighted by molar-refractivity contribution is 6.23. The Bertz CT molecular complexity index is 1930. The van der Waals surface area contributed by atoms with Crippen molar-refractivity contribution in [2.75, 3.05) is 28.4 Å². The average molecular weight is 661 g/mol. The van der Waals surface area contributed by atoms with Crippen LogP contribution in [0, 0.1) is 0 Å². The fourth-order valence-corrected chi connectivity index (χ4v) is 6.39. The highest BCUT2D eigenvalue weighted by Crippen LogP contribution is 2.36. The largest absolute Gasteiger partial charge is 0.496 e. The van der Waals surface area contributed by atoms with Gasteiger partial charge in [-0.05, 0) is 60.7 Å². The van der Waals surface area contributed by atoms with Crippen molar-refractivity contribution < 1.29 is 47.7 Å². The Labute approximate surface area is 282 Å². The summed E-state index contributed by atoms with van der Waals surface area (Å²) in [5, 5.41) is 0. The van der Waals surface area contributed by atoms with E-state index in [4.69, 9.17) is 18.9 Å². The van der Waals surface area contributed by atoms with E-state index in [1.807, 2.05) is 0 Å². The number of rotatable bonds is 4. The van der Waals surface area contributed by atoms with Crippen LogP contribution in [0.2, 0.25) is 0 Å². The first-order valence-electron chi connectivity index (χ1n) is 15.5. The summed E-state index contributed by atoms with van der Waals surface area (Å²) in [4.78, 5) is 79.6. The number of carbonyl (C=O) groups excluding carboxylic acids is 6. The van der Waals surface area contributed by atoms with E-state index < -0.39 is 23.1 Å². The van der Waals surface area contributed by atoms with Crippen LogP contribution in [0.25, 0.3) is 0 Å². The van der Waals surface area contributed by atoms with Crippen molar-refractivity contribution >= 4 is 34.7 Å². The summed E-state index contributed by atoms with van der Waals surface area (Å²) < 4.78 is 22.5. The molecule has 0 heterocycles. The lowest BCUT2D eigenvalue weighted by Crippen LogP contribution is -2.19. The van der Waals surface area contributed by atoms with Crippen LogP contribution in [0.1, 0.15) is 28.7 Å². The number of ketones is 6. The Morgan fingerprint density at radius 2 is 0.510 bits per heavy atom. The highest BCUT2D eigenvalue weighted by atomic mass is 16.5. The van der Waals surface area contributed by atoms with Gasteiger partial charge >= 0.3 is 0 Å². The van der Waals surface area contributed by atoms with E-state index in [0.29, 0.717) is 45.3 Å². The lowest BCUT2D eigenvalue weighted by atomic mass is 9.85. The number of benzene rings is 2. The first kappa shape index (κ1) is 33.0. The first-order valence-corrected chi connectivity index (χ1v) is 15.5. The molecule has 13 aliphatic carbocycles. The third-order valence-corrected chi connectivity index (χ3v) is 9.00. The molecule has 13 aliphatic rings. The van der Waals surface area contributed by atoms with Gasteiger partial charge in [0.05, 0.1) is 28.4 Å². The standard InChI is InChI=1S/C39H32O10/c1-46-36-18-28-8-24-14-35(45)25(15-34(24)44)9-29-19-37(47-2)27(17-39(29)49-4)7-23-13-31(41)21(11-33(23)43)5-20-10-32(42)22(12-30(20)40)6-26(36)16-38(28)48-3/h10-19H,5-9H2,1-4H3. The molecule has 49 heavy (non-hydrogen) atoms. The predicted molar refractivity (Wildman–Crippen MR) is 177 cm³/mol. The topological polar surface area (TPSA) is 139 Å². The van der Waals surface area contributed by atoms with Crippen LogP contribution in [0.15, 0.2) is 94.2 Å². The second-order valence-corrected chi connectivity index (χ2v) is 12.0. The van der Waals surface area contributed by atoms with Gasteiger partial charge in [-0.25, -0.2) is 0 Å². The van der Waals surface area contributed by atoms with Gasteiger partial charge in [0.2, 0.25) is 0 Å². The van der Waals surface area contributed by atoms with Gasteiger partial charge < -0.3 is 18.9 Å². The minimum Gasteiger partial charge on any atom is -0.496 e. The van der Waals surface area contributed by atoms with Gasteiger partial charge in [0.15, 0.2) is 34.7 Å². The van der Waals surface area contributed by atoms with Crippen molar-refractivity contribution in [1.82, 2.24) is 0 Å². The van der Waals surface area contributed by atoms with Crippen molar-refractivity contribution in [3.63, 3.8) is 0 Å². The number of hydrogen-bond donors (Lipinski definition) is 0. The summed E-state index contributed by atoms with van der Waals surface area (Å²) in [7, 11) is 5.85. The van der Waals surface area contributed by atoms with Crippen LogP contribution in [-0.4, -0.2) is 63.1 Å². The maximum absolute atomic E-state index is 13.4. The van der Waals surface area contributed by atoms with Gasteiger partial charge in [0.25, 0.3) is 0 Å². The third kappa shape index (κ3) is 6.49. The zero-order valence-corrected chi connectivity index (χ0v) is 27.4. The molecule has 15 rings (SSSR count). The monoisotopic (exact) mass is 660 g/mol. The molecule has 248 valence electrons. The van der Waals surface area contributed by atoms with Crippen molar-refractivity contribution in [3.05, 3.63) is 116 Å². The quantitative estimate of drug-likeness (QED) is 0.442. The zero-order valence-electron chi connectivity index (χ0n) is 27.4. The molecule has 0 unspecified atom stereocenters. The molecule has 0 aromatic heterocycles. The van der Waals surface area contributed by atoms with Crippen LogP contribution in [0.3, 0.4) is 0 Å². The molecule has 10 heteroatoms. The van der Waals surface area contributed by atoms with E-state index in [1.165, 1.54) is 64.9 Å². The van der Waals surface area contributed by atoms with E-state index in [9.17, 15) is 28.8 Å². The lowest BCUT2D eigenvalue weighted by Gasteiger charge is -2.19. The molecule has 2 aromatic rings. The number of carbonyl (C=O) groups is 6. The summed E-state index contributed by atoms with van der Waals surface area (Å²) in [6, 6.07) is 6.72. The number of ether oxygens (including phenoxy) is 4. The summed E-state index contributed by atoms with van der Waals surface area (Å²) >= 11 is 0. The summed E-state index contributed by atoms with van der Waals surface area (Å²) in [6.45, 7) is 0. The van der Waals surface area contributed by atoms with E-state index in [1.54, 1.807) is 24.3 Å². The number of allylic oxidation sites excluding steroid dienone is 12. The van der Waals surface area contributed by atoms with Gasteiger partial charge in [-0.3, -0.25) is 28.8 Å². The average Bonchev–Trinajstić information content (AvgIpc) is 3.07. The SMILES string of the molecule is COc1cc2c(OC)cc1CC1=CC(=O)C(=CC1=O)CC1=CC(=O)C(=CC1=O)Cc1cc(OC)c(cc1OC)CC1=CC(=O)C(=CC1=O)C2. The van der Waals surface area contributed by atoms with Crippen LogP contribution >= 0.6 is 0 Å². The second-order valence-electron chi connectivity index (χ2n) is 12.0. The molecule has 0 fully saturated rings. The van der Waals surface area contributed by atoms with Crippen molar-refractivity contribution in [2.45, 2.75) is 32.1 Å². The smallest absolute Gasteiger partial charge is 0.182 e. The molecule has 0 saturated heterocycles. The molecule has 0 amide bonds. The normalized spacial score (nSPS) is 18.0. The molecular formula is C39H32O10. The fraction of sp³-hybridized carbons (Fsp3) is 0.231. The lowest BCUT2D eigenvalue weighted by molar-refractivity contribution is -0.116. The highest BCUT2D eigenvalue weighted by Gasteiger charge is 2.29. The Balaban J connectivity index is 1.46. The fourth-order valence-electron chi connectivity index (χ4n) is 6.39. The predicted octanol–water partition coefficient (Wildman–Crippen LogP) is 4.01. The van der Waals surface area contributed by atoms with Crippen molar-refractivity contribution in [2.24, 2.45) is 0 Å². The first-order chi connectivity index (χ1) is 23.5. The summed E-state index contributed by atoms with van der Waals surface area (Å²) in [6.07, 6.45) is 7.57. The third-order valence-electron chi connectivity index (χ3n) is 9.00. The van der Waals surface area contributed by atoms with E-state index >= 15 is 0 Å². The van der Waals surface area contributed by atoms with E-state index in [0.717, 1.165) is 0 Å². The van der Waals surface area contributed by atoms with E-state index in [-0.39, 0.29) is 77.1 Å². The molecule has 10 bridgehead atoms. The van der Waals surface area contributed by atoms with Gasteiger partial charge in [-0.15, -0.1) is 0 Å². The van der Waals surface area contributed by atoms with E-state index in [2.05, 4.69) is 0 Å². The maximum atomic E-state index is 13.4. The molecule has 0 spiro atoms. The molecule has 0 radical (unpaired) electrons. The minimum absolute atomic E-state index is 0.0409. The molecule has 2 aromatic carbocycles. The van der Waals surface area contributed by atoms with Crippen LogP contribution in [0.5, 0.6) is 23.0 Å². The summed E-state index contributed by atoms with van der Waals surface area (Å²) in [5.41, 5.74) is 3.42. The van der Waals surface area contributed by atoms with Crippen LogP contribution in [0.4, 0.5) is 0 Å². The Morgan fingerprint density at radius 1 is 0.327 bits per heavy atom. The van der Waals surface area contributed by atoms with Gasteiger partial charge in [0, 0.05) is 87.8 Å². The Kier molecular flexibility index (Phi) is 8.97. The van der Waals surface area contributed by atoms with Gasteiger partial charge in [-0.2, -0.15) is 0 Å². The molecule has 0 saturated carbocycles. The zero-order chi connectivity index (χ0) is 35.0. The van der Waals surface area contributed by atoms with Crippen LogP contribution < -0.4 is 18.9 Å². The van der Waals surface area contributed by atoms with Crippen molar-refractivity contribution in [1.29, 1.82) is 0 Å².